The van der Waals surface area contributed by atoms with Crippen molar-refractivity contribution in [3.05, 3.63) is 16.1 Å². The lowest BCUT2D eigenvalue weighted by atomic mass is 9.97. The minimum absolute atomic E-state index is 0.00997. The van der Waals surface area contributed by atoms with Crippen LogP contribution in [0.2, 0.25) is 0 Å². The van der Waals surface area contributed by atoms with Crippen LogP contribution in [-0.4, -0.2) is 47.0 Å². The fraction of sp³-hybridized carbons (Fsp3) is 0.688. The van der Waals surface area contributed by atoms with E-state index < -0.39 is 17.4 Å². The number of aromatic nitrogens is 1. The Morgan fingerprint density at radius 1 is 1.46 bits per heavy atom. The molecule has 0 aliphatic carbocycles. The van der Waals surface area contributed by atoms with E-state index in [0.717, 1.165) is 16.7 Å². The highest BCUT2D eigenvalue weighted by Crippen LogP contribution is 2.35. The third-order valence-electron chi connectivity index (χ3n) is 4.92. The zero-order valence-electron chi connectivity index (χ0n) is 14.4. The number of piperidine rings is 1. The number of hydrogen-bond donors (Lipinski definition) is 2. The molecule has 1 aromatic heterocycles. The maximum atomic E-state index is 12.7. The SMILES string of the molecule is CC1(CNC(=O)N2CCC(c3nc(C(F)(F)F)cs3)CC2)CCC(=O)N1. The van der Waals surface area contributed by atoms with Gasteiger partial charge in [0.1, 0.15) is 0 Å². The van der Waals surface area contributed by atoms with Crippen molar-refractivity contribution < 1.29 is 22.8 Å². The van der Waals surface area contributed by atoms with E-state index in [-0.39, 0.29) is 17.9 Å². The number of carbonyl (C=O) groups is 2. The highest BCUT2D eigenvalue weighted by atomic mass is 32.1. The Balaban J connectivity index is 1.48. The Morgan fingerprint density at radius 3 is 2.69 bits per heavy atom. The monoisotopic (exact) mass is 390 g/mol. The first kappa shape index (κ1) is 18.9. The van der Waals surface area contributed by atoms with Gasteiger partial charge in [0.25, 0.3) is 0 Å². The Bertz CT molecular complexity index is 685. The number of likely N-dealkylation sites (tertiary alicyclic amines) is 1. The quantitative estimate of drug-likeness (QED) is 0.833. The van der Waals surface area contributed by atoms with Crippen molar-refractivity contribution in [1.29, 1.82) is 0 Å². The number of hydrogen-bond acceptors (Lipinski definition) is 4. The van der Waals surface area contributed by atoms with Crippen LogP contribution < -0.4 is 10.6 Å². The zero-order valence-corrected chi connectivity index (χ0v) is 15.2. The molecule has 10 heteroatoms. The lowest BCUT2D eigenvalue weighted by molar-refractivity contribution is -0.140. The van der Waals surface area contributed by atoms with E-state index in [0.29, 0.717) is 50.3 Å². The van der Waals surface area contributed by atoms with Gasteiger partial charge in [0.2, 0.25) is 5.91 Å². The molecule has 2 aliphatic heterocycles. The molecule has 0 saturated carbocycles. The first-order valence-electron chi connectivity index (χ1n) is 8.53. The van der Waals surface area contributed by atoms with Gasteiger partial charge in [-0.2, -0.15) is 13.2 Å². The molecular formula is C16H21F3N4O2S. The van der Waals surface area contributed by atoms with Gasteiger partial charge in [-0.05, 0) is 26.2 Å². The normalized spacial score (nSPS) is 24.6. The lowest BCUT2D eigenvalue weighted by Gasteiger charge is -2.32. The molecule has 6 nitrogen and oxygen atoms in total. The molecule has 144 valence electrons. The smallest absolute Gasteiger partial charge is 0.349 e. The molecular weight excluding hydrogens is 369 g/mol. The van der Waals surface area contributed by atoms with E-state index in [2.05, 4.69) is 15.6 Å². The second-order valence-electron chi connectivity index (χ2n) is 7.10. The van der Waals surface area contributed by atoms with Gasteiger partial charge in [0, 0.05) is 37.4 Å². The molecule has 26 heavy (non-hydrogen) atoms. The van der Waals surface area contributed by atoms with Gasteiger partial charge in [-0.1, -0.05) is 0 Å². The van der Waals surface area contributed by atoms with Crippen LogP contribution in [0.1, 0.15) is 49.2 Å². The molecule has 3 amide bonds. The number of nitrogens with zero attached hydrogens (tertiary/aromatic N) is 2. The standard InChI is InChI=1S/C16H21F3N4O2S/c1-15(5-2-12(24)22-15)9-20-14(25)23-6-3-10(4-7-23)13-21-11(8-26-13)16(17,18)19/h8,10H,2-7,9H2,1H3,(H,20,25)(H,22,24). The summed E-state index contributed by atoms with van der Waals surface area (Å²) in [5.74, 6) is -0.0592. The minimum Gasteiger partial charge on any atom is -0.349 e. The van der Waals surface area contributed by atoms with Crippen LogP contribution in [0.4, 0.5) is 18.0 Å². The van der Waals surface area contributed by atoms with E-state index in [1.165, 1.54) is 0 Å². The van der Waals surface area contributed by atoms with Crippen LogP contribution in [0.5, 0.6) is 0 Å². The average molecular weight is 390 g/mol. The fourth-order valence-corrected chi connectivity index (χ4v) is 4.30. The van der Waals surface area contributed by atoms with E-state index in [4.69, 9.17) is 0 Å². The second-order valence-corrected chi connectivity index (χ2v) is 7.99. The van der Waals surface area contributed by atoms with Crippen molar-refractivity contribution in [3.63, 3.8) is 0 Å². The Kier molecular flexibility index (Phi) is 5.14. The molecule has 0 radical (unpaired) electrons. The Hall–Kier alpha value is -1.84. The fourth-order valence-electron chi connectivity index (χ4n) is 3.30. The molecule has 3 heterocycles. The van der Waals surface area contributed by atoms with Crippen LogP contribution in [0.15, 0.2) is 5.38 Å². The molecule has 2 fully saturated rings. The van der Waals surface area contributed by atoms with E-state index in [1.807, 2.05) is 6.92 Å². The number of carbonyl (C=O) groups excluding carboxylic acids is 2. The number of thiazole rings is 1. The summed E-state index contributed by atoms with van der Waals surface area (Å²) in [7, 11) is 0. The highest BCUT2D eigenvalue weighted by molar-refractivity contribution is 7.09. The summed E-state index contributed by atoms with van der Waals surface area (Å²) in [4.78, 5) is 29.0. The van der Waals surface area contributed by atoms with Crippen molar-refractivity contribution in [2.24, 2.45) is 0 Å². The third-order valence-corrected chi connectivity index (χ3v) is 5.93. The Labute approximate surface area is 153 Å². The van der Waals surface area contributed by atoms with Crippen LogP contribution in [0, 0.1) is 0 Å². The van der Waals surface area contributed by atoms with Gasteiger partial charge in [-0.15, -0.1) is 11.3 Å². The Morgan fingerprint density at radius 2 is 2.15 bits per heavy atom. The second kappa shape index (κ2) is 7.05. The van der Waals surface area contributed by atoms with Crippen molar-refractivity contribution >= 4 is 23.3 Å². The summed E-state index contributed by atoms with van der Waals surface area (Å²) in [5, 5.41) is 7.24. The number of amides is 3. The summed E-state index contributed by atoms with van der Waals surface area (Å²) >= 11 is 1.03. The molecule has 1 atom stereocenters. The maximum Gasteiger partial charge on any atom is 0.434 e. The van der Waals surface area contributed by atoms with Gasteiger partial charge >= 0.3 is 12.2 Å². The molecule has 0 bridgehead atoms. The summed E-state index contributed by atoms with van der Waals surface area (Å²) in [6, 6.07) is -0.207. The molecule has 2 aliphatic rings. The number of alkyl halides is 3. The summed E-state index contributed by atoms with van der Waals surface area (Å²) in [6.45, 7) is 3.20. The first-order chi connectivity index (χ1) is 12.2. The number of nitrogens with one attached hydrogen (secondary N) is 2. The van der Waals surface area contributed by atoms with Crippen LogP contribution in [0.3, 0.4) is 0 Å². The van der Waals surface area contributed by atoms with E-state index in [1.54, 1.807) is 4.90 Å². The number of halogens is 3. The first-order valence-corrected chi connectivity index (χ1v) is 9.41. The van der Waals surface area contributed by atoms with Gasteiger partial charge in [-0.3, -0.25) is 4.79 Å². The van der Waals surface area contributed by atoms with Gasteiger partial charge in [0.15, 0.2) is 5.69 Å². The van der Waals surface area contributed by atoms with Crippen molar-refractivity contribution in [1.82, 2.24) is 20.5 Å². The molecule has 1 unspecified atom stereocenters. The van der Waals surface area contributed by atoms with Crippen molar-refractivity contribution in [2.45, 2.75) is 50.2 Å². The largest absolute Gasteiger partial charge is 0.434 e. The van der Waals surface area contributed by atoms with Gasteiger partial charge < -0.3 is 15.5 Å². The third kappa shape index (κ3) is 4.28. The molecule has 3 rings (SSSR count). The maximum absolute atomic E-state index is 12.7. The van der Waals surface area contributed by atoms with Crippen molar-refractivity contribution in [2.75, 3.05) is 19.6 Å². The summed E-state index contributed by atoms with van der Waals surface area (Å²) in [5.41, 5.74) is -1.26. The average Bonchev–Trinajstić information content (AvgIpc) is 3.20. The molecule has 2 N–H and O–H groups in total. The molecule has 2 saturated heterocycles. The van der Waals surface area contributed by atoms with Gasteiger partial charge in [0.05, 0.1) is 10.5 Å². The number of rotatable bonds is 3. The lowest BCUT2D eigenvalue weighted by Crippen LogP contribution is -2.52. The van der Waals surface area contributed by atoms with Crippen LogP contribution in [-0.2, 0) is 11.0 Å². The van der Waals surface area contributed by atoms with Crippen molar-refractivity contribution in [3.8, 4) is 0 Å². The minimum atomic E-state index is -4.42. The summed E-state index contributed by atoms with van der Waals surface area (Å²) in [6.07, 6.45) is -2.09. The zero-order chi connectivity index (χ0) is 18.9. The van der Waals surface area contributed by atoms with Crippen LogP contribution >= 0.6 is 11.3 Å². The summed E-state index contributed by atoms with van der Waals surface area (Å²) < 4.78 is 38.0. The van der Waals surface area contributed by atoms with Crippen LogP contribution in [0.25, 0.3) is 0 Å². The van der Waals surface area contributed by atoms with Gasteiger partial charge in [-0.25, -0.2) is 9.78 Å². The molecule has 0 aromatic carbocycles. The molecule has 1 aromatic rings. The van der Waals surface area contributed by atoms with E-state index >= 15 is 0 Å². The molecule has 0 spiro atoms. The highest BCUT2D eigenvalue weighted by Gasteiger charge is 2.36. The predicted molar refractivity (Wildman–Crippen MR) is 89.8 cm³/mol. The number of urea groups is 1. The predicted octanol–water partition coefficient (Wildman–Crippen LogP) is 2.72. The topological polar surface area (TPSA) is 74.3 Å². The van der Waals surface area contributed by atoms with E-state index in [9.17, 15) is 22.8 Å².